The van der Waals surface area contributed by atoms with Gasteiger partial charge in [0.2, 0.25) is 0 Å². The van der Waals surface area contributed by atoms with E-state index >= 15 is 0 Å². The molecule has 0 amide bonds. The van der Waals surface area contributed by atoms with Crippen molar-refractivity contribution in [1.82, 2.24) is 4.98 Å². The molecule has 15 heavy (non-hydrogen) atoms. The Labute approximate surface area is 96.7 Å². The normalized spacial score (nSPS) is 10.9. The van der Waals surface area contributed by atoms with Crippen LogP contribution < -0.4 is 10.3 Å². The second kappa shape index (κ2) is 4.90. The van der Waals surface area contributed by atoms with Gasteiger partial charge < -0.3 is 0 Å². The molecule has 0 fully saturated rings. The molecule has 0 aliphatic rings. The molecule has 4 N–H and O–H groups in total. The molecule has 1 heterocycles. The quantitative estimate of drug-likeness (QED) is 0.611. The summed E-state index contributed by atoms with van der Waals surface area (Å²) in [5.41, 5.74) is 1.04. The van der Waals surface area contributed by atoms with Crippen molar-refractivity contribution in [1.29, 1.82) is 0 Å². The van der Waals surface area contributed by atoms with E-state index in [1.807, 2.05) is 24.3 Å². The van der Waals surface area contributed by atoms with Gasteiger partial charge in [-0.3, -0.25) is 0 Å². The summed E-state index contributed by atoms with van der Waals surface area (Å²) in [4.78, 5) is 4.20. The van der Waals surface area contributed by atoms with Crippen LogP contribution in [0.3, 0.4) is 0 Å². The lowest BCUT2D eigenvalue weighted by Crippen LogP contribution is -2.21. The Hall–Kier alpha value is -0.670. The Bertz CT molecular complexity index is 508. The molecule has 0 radical (unpaired) electrons. The summed E-state index contributed by atoms with van der Waals surface area (Å²) >= 11 is 5.76. The predicted molar refractivity (Wildman–Crippen MR) is 64.2 cm³/mol. The van der Waals surface area contributed by atoms with Crippen LogP contribution in [-0.4, -0.2) is 13.4 Å². The van der Waals surface area contributed by atoms with Gasteiger partial charge in [-0.2, -0.15) is 8.42 Å². The van der Waals surface area contributed by atoms with E-state index in [4.69, 9.17) is 0 Å². The smallest absolute Gasteiger partial charge is 0.230 e. The third-order valence-electron chi connectivity index (χ3n) is 1.28. The number of fused-ring (bicyclic) bond motifs is 1. The maximum absolute atomic E-state index is 9.19. The average molecular weight is 263 g/mol. The van der Waals surface area contributed by atoms with E-state index in [9.17, 15) is 8.42 Å². The van der Waals surface area contributed by atoms with Gasteiger partial charge in [0.25, 0.3) is 10.2 Å². The fourth-order valence-corrected chi connectivity index (χ4v) is 1.97. The largest absolute Gasteiger partial charge is 0.271 e. The van der Waals surface area contributed by atoms with Crippen molar-refractivity contribution in [3.63, 3.8) is 0 Å². The number of rotatable bonds is 0. The lowest BCUT2D eigenvalue weighted by Gasteiger charge is -1.80. The third kappa shape index (κ3) is 5.09. The minimum absolute atomic E-state index is 0.834. The monoisotopic (exact) mass is 263 g/mol. The van der Waals surface area contributed by atoms with Gasteiger partial charge in [-0.15, -0.1) is 24.0 Å². The van der Waals surface area contributed by atoms with Gasteiger partial charge in [-0.05, 0) is 12.1 Å². The van der Waals surface area contributed by atoms with E-state index in [0.29, 0.717) is 0 Å². The fourth-order valence-electron chi connectivity index (χ4n) is 0.860. The zero-order chi connectivity index (χ0) is 11.5. The van der Waals surface area contributed by atoms with E-state index < -0.39 is 10.2 Å². The molecule has 82 valence electrons. The van der Waals surface area contributed by atoms with Crippen LogP contribution in [0.2, 0.25) is 0 Å². The summed E-state index contributed by atoms with van der Waals surface area (Å²) in [5.74, 6) is 0. The minimum atomic E-state index is -3.67. The standard InChI is InChI=1S/C7H5NS2.H4N2O2S/c9-7-8-5-3-1-2-4-6(5)10-7;1-5(2,3)4/h1-4H,(H,8,9);(H4,1,2,3,4). The van der Waals surface area contributed by atoms with Gasteiger partial charge in [0.15, 0.2) is 0 Å². The lowest BCUT2D eigenvalue weighted by atomic mass is 10.3. The average Bonchev–Trinajstić information content (AvgIpc) is 2.40. The molecule has 2 aromatic rings. The van der Waals surface area contributed by atoms with Gasteiger partial charge >= 0.3 is 0 Å². The van der Waals surface area contributed by atoms with Gasteiger partial charge in [0.05, 0.1) is 10.2 Å². The molecule has 0 bridgehead atoms. The molecule has 1 aromatic heterocycles. The van der Waals surface area contributed by atoms with Gasteiger partial charge in [-0.25, -0.2) is 15.3 Å². The number of nitrogens with two attached hydrogens (primary N) is 2. The Morgan fingerprint density at radius 2 is 1.80 bits per heavy atom. The van der Waals surface area contributed by atoms with Crippen molar-refractivity contribution in [3.05, 3.63) is 24.3 Å². The first-order valence-electron chi connectivity index (χ1n) is 3.71. The summed E-state index contributed by atoms with van der Waals surface area (Å²) in [6.07, 6.45) is 0. The Morgan fingerprint density at radius 1 is 1.27 bits per heavy atom. The van der Waals surface area contributed by atoms with Crippen molar-refractivity contribution in [3.8, 4) is 0 Å². The zero-order valence-electron chi connectivity index (χ0n) is 7.49. The Balaban J connectivity index is 0.000000195. The van der Waals surface area contributed by atoms with E-state index in [1.54, 1.807) is 11.3 Å². The van der Waals surface area contributed by atoms with Crippen LogP contribution in [0.15, 0.2) is 28.6 Å². The third-order valence-corrected chi connectivity index (χ3v) is 2.50. The highest BCUT2D eigenvalue weighted by molar-refractivity contribution is 7.86. The van der Waals surface area contributed by atoms with Crippen LogP contribution in [0.25, 0.3) is 10.2 Å². The summed E-state index contributed by atoms with van der Waals surface area (Å²) in [6, 6.07) is 8.03. The molecule has 0 aliphatic heterocycles. The molecule has 0 saturated carbocycles. The number of hydrogen-bond donors (Lipinski definition) is 3. The van der Waals surface area contributed by atoms with Crippen LogP contribution in [0.5, 0.6) is 0 Å². The maximum Gasteiger partial charge on any atom is 0.271 e. The van der Waals surface area contributed by atoms with Gasteiger partial charge in [0, 0.05) is 0 Å². The van der Waals surface area contributed by atoms with Crippen LogP contribution in [0.4, 0.5) is 0 Å². The molecule has 0 spiro atoms. The highest BCUT2D eigenvalue weighted by Crippen LogP contribution is 2.23. The summed E-state index contributed by atoms with van der Waals surface area (Å²) < 4.78 is 20.4. The van der Waals surface area contributed by atoms with Crippen LogP contribution >= 0.6 is 24.0 Å². The molecule has 0 atom stereocenters. The SMILES string of the molecule is NS(N)(=O)=O.Sc1nc2ccccc2s1. The van der Waals surface area contributed by atoms with E-state index in [-0.39, 0.29) is 0 Å². The molecule has 0 unspecified atom stereocenters. The number of nitrogens with zero attached hydrogens (tertiary/aromatic N) is 1. The van der Waals surface area contributed by atoms with Crippen molar-refractivity contribution in [2.75, 3.05) is 0 Å². The highest BCUT2D eigenvalue weighted by Gasteiger charge is 1.96. The van der Waals surface area contributed by atoms with E-state index in [0.717, 1.165) is 9.86 Å². The fraction of sp³-hybridized carbons (Fsp3) is 0. The van der Waals surface area contributed by atoms with Crippen molar-refractivity contribution in [2.24, 2.45) is 10.3 Å². The minimum Gasteiger partial charge on any atom is -0.230 e. The molecule has 8 heteroatoms. The van der Waals surface area contributed by atoms with Crippen molar-refractivity contribution in [2.45, 2.75) is 4.34 Å². The second-order valence-corrected chi connectivity index (χ2v) is 5.49. The first-order chi connectivity index (χ1) is 6.86. The van der Waals surface area contributed by atoms with Crippen LogP contribution in [0.1, 0.15) is 0 Å². The van der Waals surface area contributed by atoms with Crippen LogP contribution in [-0.2, 0) is 10.2 Å². The maximum atomic E-state index is 9.19. The number of benzene rings is 1. The molecular formula is C7H9N3O2S3. The molecule has 5 nitrogen and oxygen atoms in total. The first-order valence-corrected chi connectivity index (χ1v) is 6.58. The predicted octanol–water partition coefficient (Wildman–Crippen LogP) is 0.734. The van der Waals surface area contributed by atoms with E-state index in [1.165, 1.54) is 4.70 Å². The van der Waals surface area contributed by atoms with E-state index in [2.05, 4.69) is 27.9 Å². The molecule has 0 saturated heterocycles. The highest BCUT2D eigenvalue weighted by atomic mass is 32.2. The van der Waals surface area contributed by atoms with Crippen molar-refractivity contribution >= 4 is 44.4 Å². The summed E-state index contributed by atoms with van der Waals surface area (Å²) in [5, 5.41) is 8.21. The number of thiazole rings is 1. The Kier molecular flexibility index (Phi) is 4.05. The van der Waals surface area contributed by atoms with Gasteiger partial charge in [-0.1, -0.05) is 12.1 Å². The summed E-state index contributed by atoms with van der Waals surface area (Å²) in [6.45, 7) is 0. The number of aromatic nitrogens is 1. The van der Waals surface area contributed by atoms with Crippen LogP contribution in [0, 0.1) is 0 Å². The first kappa shape index (κ1) is 12.4. The number of para-hydroxylation sites is 1. The van der Waals surface area contributed by atoms with Crippen molar-refractivity contribution < 1.29 is 8.42 Å². The topological polar surface area (TPSA) is 99.1 Å². The molecule has 2 rings (SSSR count). The Morgan fingerprint density at radius 3 is 2.33 bits per heavy atom. The number of hydrogen-bond acceptors (Lipinski definition) is 5. The molecule has 0 aliphatic carbocycles. The molecule has 1 aromatic carbocycles. The number of thiol groups is 1. The second-order valence-electron chi connectivity index (χ2n) is 2.55. The lowest BCUT2D eigenvalue weighted by molar-refractivity contribution is 0.599. The molecular weight excluding hydrogens is 254 g/mol. The zero-order valence-corrected chi connectivity index (χ0v) is 10.0. The summed E-state index contributed by atoms with van der Waals surface area (Å²) in [7, 11) is -3.67. The van der Waals surface area contributed by atoms with Gasteiger partial charge in [0.1, 0.15) is 4.34 Å².